The third-order valence-electron chi connectivity index (χ3n) is 1.71. The van der Waals surface area contributed by atoms with Crippen LogP contribution in [0.5, 0.6) is 0 Å². The third-order valence-corrected chi connectivity index (χ3v) is 1.71. The Kier molecular flexibility index (Phi) is 2.07. The molecular weight excluding hydrogens is 189 g/mol. The third kappa shape index (κ3) is 1.39. The van der Waals surface area contributed by atoms with E-state index in [1.165, 1.54) is 6.92 Å². The summed E-state index contributed by atoms with van der Waals surface area (Å²) >= 11 is 0. The molecule has 0 aromatic heterocycles. The van der Waals surface area contributed by atoms with Crippen LogP contribution >= 0.6 is 0 Å². The second-order valence-electron chi connectivity index (χ2n) is 2.78. The van der Waals surface area contributed by atoms with E-state index in [0.29, 0.717) is 0 Å². The van der Waals surface area contributed by atoms with Crippen molar-refractivity contribution in [1.29, 1.82) is 0 Å². The zero-order valence-corrected chi connectivity index (χ0v) is 6.67. The molecule has 74 valence electrons. The number of nitrogens with zero attached hydrogens (tertiary/aromatic N) is 2. The molecule has 0 bridgehead atoms. The van der Waals surface area contributed by atoms with Crippen LogP contribution in [0.4, 0.5) is 13.2 Å². The summed E-state index contributed by atoms with van der Waals surface area (Å²) in [5.41, 5.74) is -3.11. The van der Waals surface area contributed by atoms with E-state index in [9.17, 15) is 18.0 Å². The summed E-state index contributed by atoms with van der Waals surface area (Å²) in [6.45, 7) is 1.31. The van der Waals surface area contributed by atoms with Gasteiger partial charge in [-0.1, -0.05) is 0 Å². The van der Waals surface area contributed by atoms with Crippen molar-refractivity contribution in [3.8, 4) is 0 Å². The lowest BCUT2D eigenvalue weighted by molar-refractivity contribution is -0.299. The van der Waals surface area contributed by atoms with Gasteiger partial charge in [-0.05, 0) is 6.92 Å². The first-order chi connectivity index (χ1) is 5.81. The Morgan fingerprint density at radius 1 is 1.69 bits per heavy atom. The van der Waals surface area contributed by atoms with Crippen LogP contribution in [0, 0.1) is 0 Å². The van der Waals surface area contributed by atoms with Gasteiger partial charge in [-0.25, -0.2) is 0 Å². The molecule has 0 spiro atoms. The molecule has 0 saturated heterocycles. The minimum Gasteiger partial charge on any atom is -0.362 e. The Hall–Kier alpha value is -1.11. The fraction of sp³-hybridized carbons (Fsp3) is 0.667. The summed E-state index contributed by atoms with van der Waals surface area (Å²) in [5, 5.41) is 12.3. The van der Waals surface area contributed by atoms with Crippen molar-refractivity contribution >= 4 is 12.1 Å². The first kappa shape index (κ1) is 9.97. The number of hydrazone groups is 1. The van der Waals surface area contributed by atoms with Gasteiger partial charge in [0.15, 0.2) is 0 Å². The minimum absolute atomic E-state index is 0.0116. The van der Waals surface area contributed by atoms with Gasteiger partial charge >= 0.3 is 6.18 Å². The van der Waals surface area contributed by atoms with Crippen LogP contribution in [0.2, 0.25) is 0 Å². The van der Waals surface area contributed by atoms with Crippen LogP contribution < -0.4 is 0 Å². The second kappa shape index (κ2) is 2.69. The number of aliphatic hydroxyl groups is 1. The molecule has 7 heteroatoms. The van der Waals surface area contributed by atoms with E-state index in [0.717, 1.165) is 0 Å². The molecule has 13 heavy (non-hydrogen) atoms. The lowest BCUT2D eigenvalue weighted by Crippen LogP contribution is -2.54. The van der Waals surface area contributed by atoms with Crippen molar-refractivity contribution < 1.29 is 23.1 Å². The Bertz CT molecular complexity index is 263. The summed E-state index contributed by atoms with van der Waals surface area (Å²) in [5.74, 6) is 0. The van der Waals surface area contributed by atoms with Gasteiger partial charge in [0.1, 0.15) is 0 Å². The smallest absolute Gasteiger partial charge is 0.362 e. The van der Waals surface area contributed by atoms with Crippen LogP contribution in [0.25, 0.3) is 0 Å². The normalized spacial score (nSPS) is 29.0. The van der Waals surface area contributed by atoms with Gasteiger partial charge < -0.3 is 5.11 Å². The number of hydrogen-bond donors (Lipinski definition) is 1. The lowest BCUT2D eigenvalue weighted by Gasteiger charge is -2.29. The highest BCUT2D eigenvalue weighted by Crippen LogP contribution is 2.38. The van der Waals surface area contributed by atoms with Crippen LogP contribution in [-0.4, -0.2) is 34.1 Å². The summed E-state index contributed by atoms with van der Waals surface area (Å²) in [4.78, 5) is 10.2. The summed E-state index contributed by atoms with van der Waals surface area (Å²) < 4.78 is 36.7. The Morgan fingerprint density at radius 3 is 2.54 bits per heavy atom. The van der Waals surface area contributed by atoms with Crippen molar-refractivity contribution in [3.63, 3.8) is 0 Å². The molecule has 1 aliphatic heterocycles. The maximum atomic E-state index is 12.2. The highest BCUT2D eigenvalue weighted by atomic mass is 19.4. The molecule has 1 atom stereocenters. The topological polar surface area (TPSA) is 52.9 Å². The number of alkyl halides is 3. The van der Waals surface area contributed by atoms with Gasteiger partial charge in [-0.2, -0.15) is 23.3 Å². The molecule has 0 aromatic rings. The van der Waals surface area contributed by atoms with E-state index in [1.807, 2.05) is 0 Å². The maximum absolute atomic E-state index is 12.2. The van der Waals surface area contributed by atoms with Gasteiger partial charge in [0.05, 0.1) is 0 Å². The fourth-order valence-electron chi connectivity index (χ4n) is 1.08. The summed E-state index contributed by atoms with van der Waals surface area (Å²) in [7, 11) is 0. The Morgan fingerprint density at radius 2 is 2.23 bits per heavy atom. The van der Waals surface area contributed by atoms with E-state index >= 15 is 0 Å². The van der Waals surface area contributed by atoms with Gasteiger partial charge in [-0.3, -0.25) is 4.79 Å². The van der Waals surface area contributed by atoms with Gasteiger partial charge in [0.2, 0.25) is 6.41 Å². The van der Waals surface area contributed by atoms with Crippen LogP contribution in [0.15, 0.2) is 5.10 Å². The standard InChI is InChI=1S/C6H7F3N2O2/c1-4-2-5(13,6(7,8)9)11(3-12)10-4/h3,13H,2H2,1H3. The van der Waals surface area contributed by atoms with Crippen molar-refractivity contribution in [2.24, 2.45) is 5.10 Å². The van der Waals surface area contributed by atoms with E-state index in [2.05, 4.69) is 5.10 Å². The molecular formula is C6H7F3N2O2. The molecule has 1 unspecified atom stereocenters. The average molecular weight is 196 g/mol. The Balaban J connectivity index is 3.01. The average Bonchev–Trinajstić information content (AvgIpc) is 2.25. The zero-order valence-electron chi connectivity index (χ0n) is 6.67. The van der Waals surface area contributed by atoms with E-state index in [-0.39, 0.29) is 17.1 Å². The molecule has 0 aromatic carbocycles. The van der Waals surface area contributed by atoms with Crippen molar-refractivity contribution in [2.75, 3.05) is 0 Å². The molecule has 0 radical (unpaired) electrons. The lowest BCUT2D eigenvalue weighted by atomic mass is 10.1. The Labute approximate surface area is 71.6 Å². The molecule has 1 rings (SSSR count). The van der Waals surface area contributed by atoms with Gasteiger partial charge in [-0.15, -0.1) is 0 Å². The zero-order chi connectivity index (χ0) is 10.3. The predicted molar refractivity (Wildman–Crippen MR) is 36.6 cm³/mol. The number of hydrogen-bond acceptors (Lipinski definition) is 3. The van der Waals surface area contributed by atoms with Crippen LogP contribution in [-0.2, 0) is 4.79 Å². The van der Waals surface area contributed by atoms with E-state index in [4.69, 9.17) is 5.11 Å². The molecule has 0 aliphatic carbocycles. The molecule has 0 saturated carbocycles. The van der Waals surface area contributed by atoms with Gasteiger partial charge in [0, 0.05) is 12.1 Å². The highest BCUT2D eigenvalue weighted by Gasteiger charge is 2.61. The maximum Gasteiger partial charge on any atom is 0.438 e. The summed E-state index contributed by atoms with van der Waals surface area (Å²) in [6, 6.07) is 0. The van der Waals surface area contributed by atoms with Crippen LogP contribution in [0.3, 0.4) is 0 Å². The van der Waals surface area contributed by atoms with Gasteiger partial charge in [0.25, 0.3) is 5.72 Å². The molecule has 1 heterocycles. The number of amides is 1. The largest absolute Gasteiger partial charge is 0.438 e. The SMILES string of the molecule is CC1=NN(C=O)C(O)(C(F)(F)F)C1. The molecule has 4 nitrogen and oxygen atoms in total. The van der Waals surface area contributed by atoms with E-state index in [1.54, 1.807) is 0 Å². The van der Waals surface area contributed by atoms with E-state index < -0.39 is 18.3 Å². The quantitative estimate of drug-likeness (QED) is 0.620. The fourth-order valence-corrected chi connectivity index (χ4v) is 1.08. The van der Waals surface area contributed by atoms with Crippen LogP contribution in [0.1, 0.15) is 13.3 Å². The molecule has 0 fully saturated rings. The number of carbonyl (C=O) groups excluding carboxylic acids is 1. The minimum atomic E-state index is -4.89. The summed E-state index contributed by atoms with van der Waals surface area (Å²) in [6.07, 6.45) is -5.74. The van der Waals surface area contributed by atoms with Crippen molar-refractivity contribution in [3.05, 3.63) is 0 Å². The second-order valence-corrected chi connectivity index (χ2v) is 2.78. The first-order valence-corrected chi connectivity index (χ1v) is 3.39. The molecule has 1 amide bonds. The number of halogens is 3. The van der Waals surface area contributed by atoms with Crippen molar-refractivity contribution in [2.45, 2.75) is 25.2 Å². The van der Waals surface area contributed by atoms with Crippen molar-refractivity contribution in [1.82, 2.24) is 5.01 Å². The predicted octanol–water partition coefficient (Wildman–Crippen LogP) is 0.475. The first-order valence-electron chi connectivity index (χ1n) is 3.39. The highest BCUT2D eigenvalue weighted by molar-refractivity contribution is 5.85. The number of carbonyl (C=O) groups is 1. The monoisotopic (exact) mass is 196 g/mol. The number of rotatable bonds is 1. The molecule has 1 aliphatic rings. The molecule has 1 N–H and O–H groups in total.